The van der Waals surface area contributed by atoms with Gasteiger partial charge in [0.15, 0.2) is 0 Å². The zero-order valence-electron chi connectivity index (χ0n) is 15.1. The molecule has 2 heterocycles. The Morgan fingerprint density at radius 2 is 1.86 bits per heavy atom. The second-order valence-corrected chi connectivity index (χ2v) is 7.24. The molecule has 3 amide bonds. The number of amides is 3. The number of halogens is 1. The minimum atomic E-state index is -0.377. The molecule has 1 unspecified atom stereocenters. The molecule has 7 heteroatoms. The standard InChI is InChI=1S/C21H19ClN2O4/c22-17-8-4-7-16-19(17)21(27)24(20(16)26)14-9-11-23(13-14)18(25)10-12-28-15-5-2-1-3-6-15/h1-8,14H,9-13H2. The summed E-state index contributed by atoms with van der Waals surface area (Å²) in [6.45, 7) is 1.13. The highest BCUT2D eigenvalue weighted by Gasteiger charge is 2.43. The first kappa shape index (κ1) is 18.5. The fourth-order valence-electron chi connectivity index (χ4n) is 3.70. The van der Waals surface area contributed by atoms with E-state index < -0.39 is 0 Å². The van der Waals surface area contributed by atoms with E-state index in [0.29, 0.717) is 25.1 Å². The van der Waals surface area contributed by atoms with Gasteiger partial charge in [0.1, 0.15) is 5.75 Å². The Labute approximate surface area is 167 Å². The van der Waals surface area contributed by atoms with Crippen molar-refractivity contribution in [3.8, 4) is 5.75 Å². The van der Waals surface area contributed by atoms with Gasteiger partial charge in [-0.1, -0.05) is 35.9 Å². The van der Waals surface area contributed by atoms with E-state index >= 15 is 0 Å². The van der Waals surface area contributed by atoms with Gasteiger partial charge in [-0.2, -0.15) is 0 Å². The summed E-state index contributed by atoms with van der Waals surface area (Å²) in [5.41, 5.74) is 0.591. The van der Waals surface area contributed by atoms with E-state index in [1.54, 1.807) is 23.1 Å². The lowest BCUT2D eigenvalue weighted by Crippen LogP contribution is -2.42. The first-order chi connectivity index (χ1) is 13.6. The molecule has 0 bridgehead atoms. The molecule has 28 heavy (non-hydrogen) atoms. The fraction of sp³-hybridized carbons (Fsp3) is 0.286. The van der Waals surface area contributed by atoms with Crippen molar-refractivity contribution in [3.05, 3.63) is 64.7 Å². The number of para-hydroxylation sites is 1. The van der Waals surface area contributed by atoms with Crippen LogP contribution in [-0.4, -0.2) is 53.3 Å². The van der Waals surface area contributed by atoms with Crippen LogP contribution in [0, 0.1) is 0 Å². The van der Waals surface area contributed by atoms with Crippen molar-refractivity contribution in [1.29, 1.82) is 0 Å². The molecular formula is C21H19ClN2O4. The highest BCUT2D eigenvalue weighted by Crippen LogP contribution is 2.32. The minimum absolute atomic E-state index is 0.0481. The summed E-state index contributed by atoms with van der Waals surface area (Å²) in [5.74, 6) is -0.0444. The van der Waals surface area contributed by atoms with E-state index in [1.165, 1.54) is 4.90 Å². The lowest BCUT2D eigenvalue weighted by Gasteiger charge is -2.22. The monoisotopic (exact) mass is 398 g/mol. The lowest BCUT2D eigenvalue weighted by atomic mass is 10.1. The number of carbonyl (C=O) groups is 3. The van der Waals surface area contributed by atoms with Crippen LogP contribution in [0.4, 0.5) is 0 Å². The average Bonchev–Trinajstić information content (AvgIpc) is 3.27. The number of fused-ring (bicyclic) bond motifs is 1. The zero-order chi connectivity index (χ0) is 19.7. The largest absolute Gasteiger partial charge is 0.493 e. The molecule has 0 saturated carbocycles. The Kier molecular flexibility index (Phi) is 5.05. The van der Waals surface area contributed by atoms with Gasteiger partial charge in [0.05, 0.1) is 35.2 Å². The van der Waals surface area contributed by atoms with Crippen molar-refractivity contribution in [1.82, 2.24) is 9.80 Å². The molecule has 144 valence electrons. The molecule has 6 nitrogen and oxygen atoms in total. The summed E-state index contributed by atoms with van der Waals surface area (Å²) in [6, 6.07) is 13.9. The number of benzene rings is 2. The number of carbonyl (C=O) groups excluding carboxylic acids is 3. The van der Waals surface area contributed by atoms with Crippen molar-refractivity contribution in [2.45, 2.75) is 18.9 Å². The number of imide groups is 1. The number of nitrogens with zero attached hydrogens (tertiary/aromatic N) is 2. The molecule has 4 rings (SSSR count). The molecule has 2 aliphatic heterocycles. The molecule has 1 fully saturated rings. The molecular weight excluding hydrogens is 380 g/mol. The predicted molar refractivity (Wildman–Crippen MR) is 103 cm³/mol. The van der Waals surface area contributed by atoms with Gasteiger partial charge in [-0.15, -0.1) is 0 Å². The van der Waals surface area contributed by atoms with Crippen molar-refractivity contribution in [2.75, 3.05) is 19.7 Å². The van der Waals surface area contributed by atoms with Crippen LogP contribution >= 0.6 is 11.6 Å². The molecule has 0 aromatic heterocycles. The number of likely N-dealkylation sites (tertiary alicyclic amines) is 1. The van der Waals surface area contributed by atoms with E-state index in [9.17, 15) is 14.4 Å². The van der Waals surface area contributed by atoms with Crippen molar-refractivity contribution in [2.24, 2.45) is 0 Å². The van der Waals surface area contributed by atoms with E-state index in [2.05, 4.69) is 0 Å². The van der Waals surface area contributed by atoms with Crippen LogP contribution in [-0.2, 0) is 4.79 Å². The van der Waals surface area contributed by atoms with Crippen LogP contribution in [0.15, 0.2) is 48.5 Å². The fourth-order valence-corrected chi connectivity index (χ4v) is 3.96. The maximum atomic E-state index is 12.7. The molecule has 1 saturated heterocycles. The van der Waals surface area contributed by atoms with Crippen LogP contribution in [0.1, 0.15) is 33.6 Å². The number of hydrogen-bond acceptors (Lipinski definition) is 4. The Bertz CT molecular complexity index is 931. The maximum absolute atomic E-state index is 12.7. The summed E-state index contributed by atoms with van der Waals surface area (Å²) in [5, 5.41) is 0.280. The Morgan fingerprint density at radius 1 is 1.07 bits per heavy atom. The van der Waals surface area contributed by atoms with E-state index in [-0.39, 0.29) is 47.4 Å². The van der Waals surface area contributed by atoms with Gasteiger partial charge in [0.2, 0.25) is 5.91 Å². The van der Waals surface area contributed by atoms with Gasteiger partial charge >= 0.3 is 0 Å². The maximum Gasteiger partial charge on any atom is 0.263 e. The van der Waals surface area contributed by atoms with Crippen molar-refractivity contribution in [3.63, 3.8) is 0 Å². The molecule has 0 aliphatic carbocycles. The summed E-state index contributed by atoms with van der Waals surface area (Å²) in [4.78, 5) is 40.8. The molecule has 0 N–H and O–H groups in total. The van der Waals surface area contributed by atoms with Crippen molar-refractivity contribution >= 4 is 29.3 Å². The third-order valence-corrected chi connectivity index (χ3v) is 5.42. The number of rotatable bonds is 5. The first-order valence-corrected chi connectivity index (χ1v) is 9.56. The molecule has 0 radical (unpaired) electrons. The summed E-state index contributed by atoms with van der Waals surface area (Å²) in [7, 11) is 0. The van der Waals surface area contributed by atoms with Crippen LogP contribution in [0.5, 0.6) is 5.75 Å². The van der Waals surface area contributed by atoms with Gasteiger partial charge in [0, 0.05) is 13.1 Å². The summed E-state index contributed by atoms with van der Waals surface area (Å²) in [6.07, 6.45) is 0.809. The molecule has 0 spiro atoms. The second kappa shape index (κ2) is 7.64. The smallest absolute Gasteiger partial charge is 0.263 e. The Hall–Kier alpha value is -2.86. The van der Waals surface area contributed by atoms with Gasteiger partial charge in [0.25, 0.3) is 11.8 Å². The van der Waals surface area contributed by atoms with E-state index in [1.807, 2.05) is 30.3 Å². The third kappa shape index (κ3) is 3.36. The average molecular weight is 399 g/mol. The molecule has 2 aromatic carbocycles. The third-order valence-electron chi connectivity index (χ3n) is 5.10. The molecule has 2 aromatic rings. The number of ether oxygens (including phenoxy) is 1. The van der Waals surface area contributed by atoms with Gasteiger partial charge in [-0.3, -0.25) is 19.3 Å². The summed E-state index contributed by atoms with van der Waals surface area (Å²) >= 11 is 6.11. The molecule has 2 aliphatic rings. The normalized spacial score (nSPS) is 18.5. The molecule has 1 atom stereocenters. The lowest BCUT2D eigenvalue weighted by molar-refractivity contribution is -0.130. The SMILES string of the molecule is O=C(CCOc1ccccc1)N1CCC(N2C(=O)c3cccc(Cl)c3C2=O)C1. The van der Waals surface area contributed by atoms with Crippen LogP contribution < -0.4 is 4.74 Å². The van der Waals surface area contributed by atoms with E-state index in [0.717, 1.165) is 5.75 Å². The predicted octanol–water partition coefficient (Wildman–Crippen LogP) is 3.01. The Morgan fingerprint density at radius 3 is 2.61 bits per heavy atom. The van der Waals surface area contributed by atoms with Gasteiger partial charge in [-0.25, -0.2) is 0 Å². The number of hydrogen-bond donors (Lipinski definition) is 0. The highest BCUT2D eigenvalue weighted by atomic mass is 35.5. The quantitative estimate of drug-likeness (QED) is 0.726. The van der Waals surface area contributed by atoms with Crippen LogP contribution in [0.2, 0.25) is 5.02 Å². The highest BCUT2D eigenvalue weighted by molar-refractivity contribution is 6.37. The zero-order valence-corrected chi connectivity index (χ0v) is 15.9. The topological polar surface area (TPSA) is 66.9 Å². The van der Waals surface area contributed by atoms with Crippen LogP contribution in [0.3, 0.4) is 0 Å². The van der Waals surface area contributed by atoms with Gasteiger partial charge in [-0.05, 0) is 30.7 Å². The van der Waals surface area contributed by atoms with Gasteiger partial charge < -0.3 is 9.64 Å². The second-order valence-electron chi connectivity index (χ2n) is 6.84. The van der Waals surface area contributed by atoms with Crippen molar-refractivity contribution < 1.29 is 19.1 Å². The summed E-state index contributed by atoms with van der Waals surface area (Å²) < 4.78 is 5.57. The minimum Gasteiger partial charge on any atom is -0.493 e. The van der Waals surface area contributed by atoms with E-state index in [4.69, 9.17) is 16.3 Å². The van der Waals surface area contributed by atoms with Crippen LogP contribution in [0.25, 0.3) is 0 Å². The Balaban J connectivity index is 1.35. The first-order valence-electron chi connectivity index (χ1n) is 9.18.